The lowest BCUT2D eigenvalue weighted by Crippen LogP contribution is -2.32. The molecule has 1 saturated heterocycles. The lowest BCUT2D eigenvalue weighted by atomic mass is 10.0. The third kappa shape index (κ3) is 5.76. The second kappa shape index (κ2) is 11.2. The maximum absolute atomic E-state index is 13.3. The second-order valence-corrected chi connectivity index (χ2v) is 12.0. The minimum Gasteiger partial charge on any atom is -0.491 e. The molecule has 1 fully saturated rings. The van der Waals surface area contributed by atoms with Crippen molar-refractivity contribution in [2.75, 3.05) is 13.2 Å². The summed E-state index contributed by atoms with van der Waals surface area (Å²) in [7, 11) is -4.15. The number of aryl methyl sites for hydroxylation is 3. The number of fused-ring (bicyclic) bond motifs is 1. The fourth-order valence-electron chi connectivity index (χ4n) is 4.30. The molecule has 7 nitrogen and oxygen atoms in total. The van der Waals surface area contributed by atoms with Gasteiger partial charge >= 0.3 is 10.1 Å². The number of carbonyl (C=O) groups is 2. The Morgan fingerprint density at radius 3 is 2.35 bits per heavy atom. The van der Waals surface area contributed by atoms with Crippen LogP contribution >= 0.6 is 11.8 Å². The standard InChI is InChI=1S/C31H27NO6S2/c1-20-9-13-24(14-10-20)40(35,36)38-27-15-12-23-6-4-5-7-25(23)26(27)19-29-30(33)32(31(34)39-29)16-17-37-28-18-21(2)8-11-22(28)3/h4-15,18-19H,16-17H2,1-3H3/b29-19-. The first-order valence-corrected chi connectivity index (χ1v) is 14.8. The Bertz CT molecular complexity index is 1760. The molecule has 0 unspecified atom stereocenters. The SMILES string of the molecule is Cc1ccc(S(=O)(=O)Oc2ccc3ccccc3c2/C=C2\SC(=O)N(CCOc3cc(C)ccc3C)C2=O)cc1. The zero-order valence-electron chi connectivity index (χ0n) is 22.2. The van der Waals surface area contributed by atoms with Crippen molar-refractivity contribution in [2.45, 2.75) is 25.7 Å². The van der Waals surface area contributed by atoms with Gasteiger partial charge in [0.2, 0.25) is 0 Å². The minimum atomic E-state index is -4.15. The van der Waals surface area contributed by atoms with Crippen LogP contribution in [-0.2, 0) is 14.9 Å². The second-order valence-electron chi connectivity index (χ2n) is 9.50. The van der Waals surface area contributed by atoms with Crippen LogP contribution in [-0.4, -0.2) is 37.6 Å². The fraction of sp³-hybridized carbons (Fsp3) is 0.161. The van der Waals surface area contributed by atoms with E-state index in [-0.39, 0.29) is 28.7 Å². The lowest BCUT2D eigenvalue weighted by Gasteiger charge is -2.15. The summed E-state index contributed by atoms with van der Waals surface area (Å²) in [5.74, 6) is 0.291. The molecule has 9 heteroatoms. The molecule has 204 valence electrons. The molecular formula is C31H27NO6S2. The summed E-state index contributed by atoms with van der Waals surface area (Å²) >= 11 is 0.800. The van der Waals surface area contributed by atoms with Crippen LogP contribution in [0.2, 0.25) is 0 Å². The Hall–Kier alpha value is -4.08. The number of imide groups is 1. The normalized spacial score (nSPS) is 14.8. The monoisotopic (exact) mass is 573 g/mol. The van der Waals surface area contributed by atoms with Crippen molar-refractivity contribution in [1.29, 1.82) is 0 Å². The van der Waals surface area contributed by atoms with Crippen molar-refractivity contribution in [1.82, 2.24) is 4.90 Å². The largest absolute Gasteiger partial charge is 0.491 e. The van der Waals surface area contributed by atoms with Gasteiger partial charge < -0.3 is 8.92 Å². The first kappa shape index (κ1) is 27.5. The van der Waals surface area contributed by atoms with E-state index < -0.39 is 21.3 Å². The zero-order chi connectivity index (χ0) is 28.4. The van der Waals surface area contributed by atoms with E-state index in [4.69, 9.17) is 8.92 Å². The van der Waals surface area contributed by atoms with Gasteiger partial charge in [-0.25, -0.2) is 0 Å². The molecule has 4 aromatic carbocycles. The quantitative estimate of drug-likeness (QED) is 0.172. The highest BCUT2D eigenvalue weighted by atomic mass is 32.2. The van der Waals surface area contributed by atoms with Gasteiger partial charge in [0.25, 0.3) is 11.1 Å². The van der Waals surface area contributed by atoms with Crippen molar-refractivity contribution < 1.29 is 26.9 Å². The number of hydrogen-bond donors (Lipinski definition) is 0. The van der Waals surface area contributed by atoms with Crippen LogP contribution in [0.4, 0.5) is 4.79 Å². The smallest absolute Gasteiger partial charge is 0.339 e. The number of ether oxygens (including phenoxy) is 1. The van der Waals surface area contributed by atoms with Gasteiger partial charge in [0.05, 0.1) is 11.4 Å². The topological polar surface area (TPSA) is 90.0 Å². The summed E-state index contributed by atoms with van der Waals surface area (Å²) < 4.78 is 37.6. The van der Waals surface area contributed by atoms with E-state index in [1.807, 2.05) is 63.2 Å². The minimum absolute atomic E-state index is 0.0152. The highest BCUT2D eigenvalue weighted by molar-refractivity contribution is 8.18. The molecule has 2 amide bonds. The number of rotatable bonds is 8. The summed E-state index contributed by atoms with van der Waals surface area (Å²) in [6.45, 7) is 5.98. The van der Waals surface area contributed by atoms with Gasteiger partial charge in [0, 0.05) is 5.56 Å². The Morgan fingerprint density at radius 1 is 0.850 bits per heavy atom. The Kier molecular flexibility index (Phi) is 7.69. The maximum Gasteiger partial charge on any atom is 0.339 e. The van der Waals surface area contributed by atoms with Crippen LogP contribution in [0.5, 0.6) is 11.5 Å². The van der Waals surface area contributed by atoms with Gasteiger partial charge in [0.1, 0.15) is 17.3 Å². The summed E-state index contributed by atoms with van der Waals surface area (Å²) in [5.41, 5.74) is 3.32. The molecule has 0 N–H and O–H groups in total. The molecule has 0 saturated carbocycles. The third-order valence-electron chi connectivity index (χ3n) is 6.50. The van der Waals surface area contributed by atoms with Crippen molar-refractivity contribution in [2.24, 2.45) is 0 Å². The molecule has 0 aliphatic carbocycles. The zero-order valence-corrected chi connectivity index (χ0v) is 23.8. The highest BCUT2D eigenvalue weighted by Gasteiger charge is 2.35. The van der Waals surface area contributed by atoms with Crippen LogP contribution in [0.15, 0.2) is 88.7 Å². The molecular weight excluding hydrogens is 546 g/mol. The van der Waals surface area contributed by atoms with E-state index in [0.717, 1.165) is 38.7 Å². The van der Waals surface area contributed by atoms with E-state index in [0.29, 0.717) is 16.7 Å². The number of thioether (sulfide) groups is 1. The van der Waals surface area contributed by atoms with Crippen molar-refractivity contribution >= 4 is 49.9 Å². The Labute approximate surface area is 237 Å². The molecule has 0 bridgehead atoms. The highest BCUT2D eigenvalue weighted by Crippen LogP contribution is 2.37. The average Bonchev–Trinajstić information content (AvgIpc) is 3.19. The number of hydrogen-bond acceptors (Lipinski definition) is 7. The van der Waals surface area contributed by atoms with Crippen LogP contribution in [0.1, 0.15) is 22.3 Å². The van der Waals surface area contributed by atoms with Crippen LogP contribution in [0.25, 0.3) is 16.8 Å². The molecule has 1 aliphatic heterocycles. The van der Waals surface area contributed by atoms with E-state index in [2.05, 4.69) is 0 Å². The average molecular weight is 574 g/mol. The van der Waals surface area contributed by atoms with Crippen LogP contribution < -0.4 is 8.92 Å². The van der Waals surface area contributed by atoms with E-state index in [1.54, 1.807) is 24.3 Å². The molecule has 5 rings (SSSR count). The van der Waals surface area contributed by atoms with E-state index in [1.165, 1.54) is 18.2 Å². The fourth-order valence-corrected chi connectivity index (χ4v) is 6.10. The first-order chi connectivity index (χ1) is 19.1. The first-order valence-electron chi connectivity index (χ1n) is 12.6. The maximum atomic E-state index is 13.3. The van der Waals surface area contributed by atoms with Crippen LogP contribution in [0, 0.1) is 20.8 Å². The molecule has 1 heterocycles. The summed E-state index contributed by atoms with van der Waals surface area (Å²) in [6.07, 6.45) is 1.53. The molecule has 0 radical (unpaired) electrons. The van der Waals surface area contributed by atoms with Gasteiger partial charge in [-0.05, 0) is 84.8 Å². The van der Waals surface area contributed by atoms with E-state index >= 15 is 0 Å². The Balaban J connectivity index is 1.43. The van der Waals surface area contributed by atoms with Crippen LogP contribution in [0.3, 0.4) is 0 Å². The lowest BCUT2D eigenvalue weighted by molar-refractivity contribution is -0.123. The molecule has 0 spiro atoms. The van der Waals surface area contributed by atoms with Gasteiger partial charge in [-0.15, -0.1) is 0 Å². The number of amides is 2. The van der Waals surface area contributed by atoms with E-state index in [9.17, 15) is 18.0 Å². The molecule has 40 heavy (non-hydrogen) atoms. The van der Waals surface area contributed by atoms with Crippen molar-refractivity contribution in [3.8, 4) is 11.5 Å². The molecule has 4 aromatic rings. The number of benzene rings is 4. The Morgan fingerprint density at radius 2 is 1.57 bits per heavy atom. The van der Waals surface area contributed by atoms with Crippen molar-refractivity contribution in [3.05, 3.63) is 106 Å². The molecule has 0 aromatic heterocycles. The molecule has 0 atom stereocenters. The van der Waals surface area contributed by atoms with Crippen molar-refractivity contribution in [3.63, 3.8) is 0 Å². The number of nitrogens with zero attached hydrogens (tertiary/aromatic N) is 1. The predicted molar refractivity (Wildman–Crippen MR) is 157 cm³/mol. The molecule has 1 aliphatic rings. The van der Waals surface area contributed by atoms with Gasteiger partial charge in [-0.3, -0.25) is 14.5 Å². The summed E-state index contributed by atoms with van der Waals surface area (Å²) in [6, 6.07) is 22.9. The van der Waals surface area contributed by atoms with Gasteiger partial charge in [0.15, 0.2) is 5.75 Å². The number of carbonyl (C=O) groups excluding carboxylic acids is 2. The van der Waals surface area contributed by atoms with Gasteiger partial charge in [-0.2, -0.15) is 8.42 Å². The predicted octanol–water partition coefficient (Wildman–Crippen LogP) is 6.65. The summed E-state index contributed by atoms with van der Waals surface area (Å²) in [5, 5.41) is 1.09. The summed E-state index contributed by atoms with van der Waals surface area (Å²) in [4.78, 5) is 27.4. The van der Waals surface area contributed by atoms with Gasteiger partial charge in [-0.1, -0.05) is 60.2 Å². The third-order valence-corrected chi connectivity index (χ3v) is 8.66.